The van der Waals surface area contributed by atoms with E-state index in [1.807, 2.05) is 24.3 Å². The van der Waals surface area contributed by atoms with E-state index >= 15 is 0 Å². The summed E-state index contributed by atoms with van der Waals surface area (Å²) in [6, 6.07) is 7.89. The van der Waals surface area contributed by atoms with Crippen LogP contribution in [0.4, 0.5) is 11.4 Å². The Kier molecular flexibility index (Phi) is 4.62. The molecule has 1 aliphatic rings. The number of anilines is 2. The molecule has 0 atom stereocenters. The lowest BCUT2D eigenvalue weighted by Crippen LogP contribution is -2.08. The normalized spacial score (nSPS) is 15.6. The van der Waals surface area contributed by atoms with E-state index in [9.17, 15) is 4.79 Å². The van der Waals surface area contributed by atoms with Crippen LogP contribution in [0, 0.1) is 5.92 Å². The molecule has 98 valence electrons. The molecule has 1 aliphatic carbocycles. The predicted molar refractivity (Wildman–Crippen MR) is 75.8 cm³/mol. The fraction of sp³-hybridized carbons (Fsp3) is 0.533. The van der Waals surface area contributed by atoms with Crippen LogP contribution in [0.25, 0.3) is 0 Å². The maximum Gasteiger partial charge on any atom is 0.221 e. The zero-order valence-corrected chi connectivity index (χ0v) is 11.0. The van der Waals surface area contributed by atoms with E-state index < -0.39 is 0 Å². The largest absolute Gasteiger partial charge is 0.385 e. The Hall–Kier alpha value is -1.51. The van der Waals surface area contributed by atoms with Crippen LogP contribution in [0.1, 0.15) is 39.0 Å². The second-order valence-electron chi connectivity index (χ2n) is 5.13. The standard InChI is InChI=1S/C15H22N2O/c1-12(18)17-15-8-4-7-14(11-15)16-10-9-13-5-2-3-6-13/h4,7-8,11,13,16H,2-3,5-6,9-10H2,1H3,(H,17,18). The molecule has 1 aromatic rings. The Balaban J connectivity index is 1.79. The average Bonchev–Trinajstić information content (AvgIpc) is 2.82. The van der Waals surface area contributed by atoms with Crippen LogP contribution in [0.5, 0.6) is 0 Å². The molecular weight excluding hydrogens is 224 g/mol. The van der Waals surface area contributed by atoms with Gasteiger partial charge >= 0.3 is 0 Å². The molecule has 0 aromatic heterocycles. The fourth-order valence-electron chi connectivity index (χ4n) is 2.63. The minimum atomic E-state index is -0.0295. The first-order chi connectivity index (χ1) is 8.74. The van der Waals surface area contributed by atoms with Crippen molar-refractivity contribution in [2.45, 2.75) is 39.0 Å². The lowest BCUT2D eigenvalue weighted by atomic mass is 10.0. The number of carbonyl (C=O) groups is 1. The minimum absolute atomic E-state index is 0.0295. The quantitative estimate of drug-likeness (QED) is 0.832. The van der Waals surface area contributed by atoms with Gasteiger partial charge in [0.05, 0.1) is 0 Å². The van der Waals surface area contributed by atoms with Gasteiger partial charge in [0.1, 0.15) is 0 Å². The molecule has 1 saturated carbocycles. The number of carbonyl (C=O) groups excluding carboxylic acids is 1. The van der Waals surface area contributed by atoms with Crippen molar-refractivity contribution in [1.82, 2.24) is 0 Å². The molecule has 1 amide bonds. The highest BCUT2D eigenvalue weighted by Crippen LogP contribution is 2.27. The summed E-state index contributed by atoms with van der Waals surface area (Å²) in [6.07, 6.45) is 6.86. The zero-order chi connectivity index (χ0) is 12.8. The van der Waals surface area contributed by atoms with E-state index in [2.05, 4.69) is 10.6 Å². The summed E-state index contributed by atoms with van der Waals surface area (Å²) in [5.74, 6) is 0.883. The molecule has 18 heavy (non-hydrogen) atoms. The van der Waals surface area contributed by atoms with Gasteiger partial charge in [0.25, 0.3) is 0 Å². The van der Waals surface area contributed by atoms with Crippen LogP contribution < -0.4 is 10.6 Å². The summed E-state index contributed by atoms with van der Waals surface area (Å²) in [4.78, 5) is 11.0. The highest BCUT2D eigenvalue weighted by atomic mass is 16.1. The monoisotopic (exact) mass is 246 g/mol. The fourth-order valence-corrected chi connectivity index (χ4v) is 2.63. The van der Waals surface area contributed by atoms with Crippen molar-refractivity contribution < 1.29 is 4.79 Å². The second kappa shape index (κ2) is 6.43. The topological polar surface area (TPSA) is 41.1 Å². The smallest absolute Gasteiger partial charge is 0.221 e. The number of rotatable bonds is 5. The third-order valence-electron chi connectivity index (χ3n) is 3.54. The van der Waals surface area contributed by atoms with E-state index in [4.69, 9.17) is 0 Å². The maximum absolute atomic E-state index is 11.0. The van der Waals surface area contributed by atoms with Gasteiger partial charge in [0.2, 0.25) is 5.91 Å². The van der Waals surface area contributed by atoms with Crippen molar-refractivity contribution in [2.24, 2.45) is 5.92 Å². The highest BCUT2D eigenvalue weighted by molar-refractivity contribution is 5.89. The van der Waals surface area contributed by atoms with Crippen molar-refractivity contribution in [1.29, 1.82) is 0 Å². The predicted octanol–water partition coefficient (Wildman–Crippen LogP) is 3.64. The molecule has 0 saturated heterocycles. The van der Waals surface area contributed by atoms with Crippen molar-refractivity contribution >= 4 is 17.3 Å². The van der Waals surface area contributed by atoms with Gasteiger partial charge < -0.3 is 10.6 Å². The second-order valence-corrected chi connectivity index (χ2v) is 5.13. The van der Waals surface area contributed by atoms with Crippen molar-refractivity contribution in [3.63, 3.8) is 0 Å². The van der Waals surface area contributed by atoms with Crippen LogP contribution in [0.15, 0.2) is 24.3 Å². The van der Waals surface area contributed by atoms with Crippen LogP contribution in [0.3, 0.4) is 0 Å². The number of amides is 1. The Morgan fingerprint density at radius 3 is 2.72 bits per heavy atom. The Bertz CT molecular complexity index is 397. The third kappa shape index (κ3) is 4.06. The van der Waals surface area contributed by atoms with Crippen LogP contribution in [-0.4, -0.2) is 12.5 Å². The molecule has 3 nitrogen and oxygen atoms in total. The molecule has 0 heterocycles. The molecule has 0 spiro atoms. The molecule has 0 aliphatic heterocycles. The minimum Gasteiger partial charge on any atom is -0.385 e. The van der Waals surface area contributed by atoms with Crippen molar-refractivity contribution in [3.8, 4) is 0 Å². The number of benzene rings is 1. The van der Waals surface area contributed by atoms with Gasteiger partial charge in [-0.3, -0.25) is 4.79 Å². The lowest BCUT2D eigenvalue weighted by molar-refractivity contribution is -0.114. The lowest BCUT2D eigenvalue weighted by Gasteiger charge is -2.11. The van der Waals surface area contributed by atoms with Crippen LogP contribution in [0.2, 0.25) is 0 Å². The summed E-state index contributed by atoms with van der Waals surface area (Å²) in [5.41, 5.74) is 1.94. The van der Waals surface area contributed by atoms with E-state index in [1.165, 1.54) is 39.0 Å². The number of hydrogen-bond acceptors (Lipinski definition) is 2. The molecule has 0 unspecified atom stereocenters. The van der Waals surface area contributed by atoms with Crippen molar-refractivity contribution in [2.75, 3.05) is 17.2 Å². The summed E-state index contributed by atoms with van der Waals surface area (Å²) in [5, 5.41) is 6.23. The third-order valence-corrected chi connectivity index (χ3v) is 3.54. The van der Waals surface area contributed by atoms with Gasteiger partial charge in [-0.1, -0.05) is 31.7 Å². The van der Waals surface area contributed by atoms with Gasteiger partial charge in [-0.25, -0.2) is 0 Å². The molecule has 1 fully saturated rings. The maximum atomic E-state index is 11.0. The Morgan fingerprint density at radius 1 is 1.28 bits per heavy atom. The van der Waals surface area contributed by atoms with E-state index in [1.54, 1.807) is 0 Å². The zero-order valence-electron chi connectivity index (χ0n) is 11.0. The molecule has 1 aromatic carbocycles. The Morgan fingerprint density at radius 2 is 2.00 bits per heavy atom. The van der Waals surface area contributed by atoms with E-state index in [-0.39, 0.29) is 5.91 Å². The first-order valence-corrected chi connectivity index (χ1v) is 6.85. The molecule has 2 N–H and O–H groups in total. The summed E-state index contributed by atoms with van der Waals surface area (Å²) in [7, 11) is 0. The SMILES string of the molecule is CC(=O)Nc1cccc(NCCC2CCCC2)c1. The molecule has 0 radical (unpaired) electrons. The van der Waals surface area contributed by atoms with E-state index in [0.717, 1.165) is 23.8 Å². The van der Waals surface area contributed by atoms with Crippen LogP contribution >= 0.6 is 0 Å². The average molecular weight is 246 g/mol. The molecule has 3 heteroatoms. The highest BCUT2D eigenvalue weighted by Gasteiger charge is 2.13. The van der Waals surface area contributed by atoms with E-state index in [0.29, 0.717) is 0 Å². The molecule has 0 bridgehead atoms. The molecular formula is C15H22N2O. The van der Waals surface area contributed by atoms with Gasteiger partial charge in [-0.15, -0.1) is 0 Å². The van der Waals surface area contributed by atoms with Gasteiger partial charge in [0.15, 0.2) is 0 Å². The summed E-state index contributed by atoms with van der Waals surface area (Å²) >= 11 is 0. The number of hydrogen-bond donors (Lipinski definition) is 2. The van der Waals surface area contributed by atoms with Gasteiger partial charge in [0, 0.05) is 24.8 Å². The van der Waals surface area contributed by atoms with Gasteiger partial charge in [-0.2, -0.15) is 0 Å². The first-order valence-electron chi connectivity index (χ1n) is 6.85. The summed E-state index contributed by atoms with van der Waals surface area (Å²) < 4.78 is 0. The van der Waals surface area contributed by atoms with Crippen molar-refractivity contribution in [3.05, 3.63) is 24.3 Å². The van der Waals surface area contributed by atoms with Gasteiger partial charge in [-0.05, 0) is 30.5 Å². The first kappa shape index (κ1) is 12.9. The van der Waals surface area contributed by atoms with Crippen LogP contribution in [-0.2, 0) is 4.79 Å². The molecule has 2 rings (SSSR count). The Labute approximate surface area is 109 Å². The summed E-state index contributed by atoms with van der Waals surface area (Å²) in [6.45, 7) is 2.55. The number of nitrogens with one attached hydrogen (secondary N) is 2.